The molecule has 0 aliphatic heterocycles. The Hall–Kier alpha value is -2.24. The van der Waals surface area contributed by atoms with Crippen LogP contribution >= 0.6 is 11.6 Å². The number of amides is 2. The number of hydrogen-bond donors (Lipinski definition) is 2. The SMILES string of the molecule is COc1ccccc1C(CNC(=O)Nc1cccc(Cl)c1)N(C)C. The van der Waals surface area contributed by atoms with Crippen LogP contribution in [0.1, 0.15) is 11.6 Å². The van der Waals surface area contributed by atoms with Crippen molar-refractivity contribution in [1.82, 2.24) is 10.2 Å². The third kappa shape index (κ3) is 4.88. The summed E-state index contributed by atoms with van der Waals surface area (Å²) < 4.78 is 5.42. The number of methoxy groups -OCH3 is 1. The molecule has 128 valence electrons. The summed E-state index contributed by atoms with van der Waals surface area (Å²) in [5.74, 6) is 0.799. The summed E-state index contributed by atoms with van der Waals surface area (Å²) in [6.45, 7) is 0.444. The Morgan fingerprint density at radius 1 is 1.21 bits per heavy atom. The Morgan fingerprint density at radius 3 is 2.62 bits per heavy atom. The summed E-state index contributed by atoms with van der Waals surface area (Å²) in [7, 11) is 5.58. The van der Waals surface area contributed by atoms with Crippen molar-refractivity contribution in [3.63, 3.8) is 0 Å². The molecule has 2 rings (SSSR count). The summed E-state index contributed by atoms with van der Waals surface area (Å²) in [6, 6.07) is 14.5. The highest BCUT2D eigenvalue weighted by molar-refractivity contribution is 6.30. The topological polar surface area (TPSA) is 53.6 Å². The third-order valence-electron chi connectivity index (χ3n) is 3.66. The van der Waals surface area contributed by atoms with Crippen LogP contribution < -0.4 is 15.4 Å². The Balaban J connectivity index is 2.02. The second kappa shape index (κ2) is 8.57. The van der Waals surface area contributed by atoms with Gasteiger partial charge in [0, 0.05) is 22.8 Å². The molecule has 24 heavy (non-hydrogen) atoms. The molecule has 2 amide bonds. The first-order valence-corrected chi connectivity index (χ1v) is 7.99. The fourth-order valence-corrected chi connectivity index (χ4v) is 2.63. The number of nitrogens with zero attached hydrogens (tertiary/aromatic N) is 1. The maximum atomic E-state index is 12.1. The molecule has 0 aliphatic carbocycles. The molecule has 0 aromatic heterocycles. The van der Waals surface area contributed by atoms with E-state index in [1.165, 1.54) is 0 Å². The second-order valence-corrected chi connectivity index (χ2v) is 6.00. The molecule has 0 bridgehead atoms. The summed E-state index contributed by atoms with van der Waals surface area (Å²) in [5.41, 5.74) is 1.67. The van der Waals surface area contributed by atoms with Crippen molar-refractivity contribution in [2.75, 3.05) is 33.1 Å². The van der Waals surface area contributed by atoms with Gasteiger partial charge in [-0.05, 0) is 38.4 Å². The van der Waals surface area contributed by atoms with Crippen LogP contribution in [0.5, 0.6) is 5.75 Å². The number of carbonyl (C=O) groups excluding carboxylic acids is 1. The van der Waals surface area contributed by atoms with E-state index < -0.39 is 0 Å². The monoisotopic (exact) mass is 347 g/mol. The van der Waals surface area contributed by atoms with E-state index in [1.807, 2.05) is 43.3 Å². The number of carbonyl (C=O) groups is 1. The largest absolute Gasteiger partial charge is 0.496 e. The molecule has 0 fully saturated rings. The van der Waals surface area contributed by atoms with E-state index in [-0.39, 0.29) is 12.1 Å². The van der Waals surface area contributed by atoms with Gasteiger partial charge in [-0.25, -0.2) is 4.79 Å². The molecular weight excluding hydrogens is 326 g/mol. The summed E-state index contributed by atoms with van der Waals surface area (Å²) >= 11 is 5.92. The predicted octanol–water partition coefficient (Wildman–Crippen LogP) is 3.77. The van der Waals surface area contributed by atoms with Crippen LogP contribution in [0.2, 0.25) is 5.02 Å². The fourth-order valence-electron chi connectivity index (χ4n) is 2.44. The molecular formula is C18H22ClN3O2. The van der Waals surface area contributed by atoms with E-state index in [0.29, 0.717) is 17.3 Å². The van der Waals surface area contributed by atoms with Gasteiger partial charge in [0.15, 0.2) is 0 Å². The van der Waals surface area contributed by atoms with Gasteiger partial charge in [0.25, 0.3) is 0 Å². The first kappa shape index (κ1) is 18.1. The van der Waals surface area contributed by atoms with Gasteiger partial charge in [-0.3, -0.25) is 0 Å². The normalized spacial score (nSPS) is 11.9. The van der Waals surface area contributed by atoms with Crippen LogP contribution in [0.25, 0.3) is 0 Å². The number of rotatable bonds is 6. The minimum atomic E-state index is -0.279. The lowest BCUT2D eigenvalue weighted by Crippen LogP contribution is -2.37. The van der Waals surface area contributed by atoms with Crippen molar-refractivity contribution in [1.29, 1.82) is 0 Å². The number of likely N-dealkylation sites (N-methyl/N-ethyl adjacent to an activating group) is 1. The predicted molar refractivity (Wildman–Crippen MR) is 97.9 cm³/mol. The zero-order chi connectivity index (χ0) is 17.5. The molecule has 2 N–H and O–H groups in total. The summed E-state index contributed by atoms with van der Waals surface area (Å²) in [4.78, 5) is 14.2. The number of benzene rings is 2. The standard InChI is InChI=1S/C18H22ClN3O2/c1-22(2)16(15-9-4-5-10-17(15)24-3)12-20-18(23)21-14-8-6-7-13(19)11-14/h4-11,16H,12H2,1-3H3,(H2,20,21,23). The minimum absolute atomic E-state index is 0.00809. The third-order valence-corrected chi connectivity index (χ3v) is 3.89. The zero-order valence-electron chi connectivity index (χ0n) is 14.0. The van der Waals surface area contributed by atoms with Crippen LogP contribution in [-0.4, -0.2) is 38.7 Å². The van der Waals surface area contributed by atoms with Crippen molar-refractivity contribution < 1.29 is 9.53 Å². The van der Waals surface area contributed by atoms with Gasteiger partial charge < -0.3 is 20.3 Å². The molecule has 1 atom stereocenters. The molecule has 2 aromatic carbocycles. The van der Waals surface area contributed by atoms with Gasteiger partial charge in [-0.15, -0.1) is 0 Å². The molecule has 1 unspecified atom stereocenters. The lowest BCUT2D eigenvalue weighted by atomic mass is 10.0. The molecule has 6 heteroatoms. The quantitative estimate of drug-likeness (QED) is 0.836. The van der Waals surface area contributed by atoms with Gasteiger partial charge in [-0.2, -0.15) is 0 Å². The maximum absolute atomic E-state index is 12.1. The number of nitrogens with one attached hydrogen (secondary N) is 2. The molecule has 0 heterocycles. The van der Waals surface area contributed by atoms with Crippen LogP contribution in [0.15, 0.2) is 48.5 Å². The Bertz CT molecular complexity index is 691. The van der Waals surface area contributed by atoms with Crippen LogP contribution in [0.3, 0.4) is 0 Å². The Kier molecular flexibility index (Phi) is 6.46. The lowest BCUT2D eigenvalue weighted by molar-refractivity contribution is 0.242. The van der Waals surface area contributed by atoms with Crippen LogP contribution in [0.4, 0.5) is 10.5 Å². The van der Waals surface area contributed by atoms with Crippen molar-refractivity contribution in [3.05, 3.63) is 59.1 Å². The first-order valence-electron chi connectivity index (χ1n) is 7.61. The highest BCUT2D eigenvalue weighted by Crippen LogP contribution is 2.27. The fraction of sp³-hybridized carbons (Fsp3) is 0.278. The van der Waals surface area contributed by atoms with E-state index >= 15 is 0 Å². The number of para-hydroxylation sites is 1. The van der Waals surface area contributed by atoms with Crippen molar-refractivity contribution in [3.8, 4) is 5.75 Å². The number of urea groups is 1. The van der Waals surface area contributed by atoms with Crippen molar-refractivity contribution >= 4 is 23.3 Å². The molecule has 0 saturated heterocycles. The maximum Gasteiger partial charge on any atom is 0.319 e. The van der Waals surface area contributed by atoms with E-state index in [1.54, 1.807) is 31.4 Å². The first-order chi connectivity index (χ1) is 11.5. The van der Waals surface area contributed by atoms with E-state index in [2.05, 4.69) is 10.6 Å². The van der Waals surface area contributed by atoms with Crippen molar-refractivity contribution in [2.24, 2.45) is 0 Å². The minimum Gasteiger partial charge on any atom is -0.496 e. The van der Waals surface area contributed by atoms with Gasteiger partial charge >= 0.3 is 6.03 Å². The number of hydrogen-bond acceptors (Lipinski definition) is 3. The number of anilines is 1. The molecule has 0 radical (unpaired) electrons. The average molecular weight is 348 g/mol. The van der Waals surface area contributed by atoms with Crippen LogP contribution in [0, 0.1) is 0 Å². The zero-order valence-corrected chi connectivity index (χ0v) is 14.8. The molecule has 5 nitrogen and oxygen atoms in total. The summed E-state index contributed by atoms with van der Waals surface area (Å²) in [5, 5.41) is 6.24. The smallest absolute Gasteiger partial charge is 0.319 e. The molecule has 0 aliphatic rings. The van der Waals surface area contributed by atoms with E-state index in [0.717, 1.165) is 11.3 Å². The lowest BCUT2D eigenvalue weighted by Gasteiger charge is -2.26. The molecule has 0 spiro atoms. The van der Waals surface area contributed by atoms with Crippen molar-refractivity contribution in [2.45, 2.75) is 6.04 Å². The number of ether oxygens (including phenoxy) is 1. The van der Waals surface area contributed by atoms with Gasteiger partial charge in [0.2, 0.25) is 0 Å². The molecule has 0 saturated carbocycles. The summed E-state index contributed by atoms with van der Waals surface area (Å²) in [6.07, 6.45) is 0. The van der Waals surface area contributed by atoms with Crippen LogP contribution in [-0.2, 0) is 0 Å². The Labute approximate surface area is 147 Å². The number of halogens is 1. The van der Waals surface area contributed by atoms with Gasteiger partial charge in [0.05, 0.1) is 13.2 Å². The average Bonchev–Trinajstić information content (AvgIpc) is 2.55. The molecule has 2 aromatic rings. The van der Waals surface area contributed by atoms with Gasteiger partial charge in [-0.1, -0.05) is 35.9 Å². The second-order valence-electron chi connectivity index (χ2n) is 5.57. The van der Waals surface area contributed by atoms with E-state index in [9.17, 15) is 4.79 Å². The Morgan fingerprint density at radius 2 is 1.96 bits per heavy atom. The highest BCUT2D eigenvalue weighted by Gasteiger charge is 2.19. The van der Waals surface area contributed by atoms with E-state index in [4.69, 9.17) is 16.3 Å². The van der Waals surface area contributed by atoms with Gasteiger partial charge in [0.1, 0.15) is 5.75 Å². The highest BCUT2D eigenvalue weighted by atomic mass is 35.5.